The Morgan fingerprint density at radius 1 is 1.22 bits per heavy atom. The summed E-state index contributed by atoms with van der Waals surface area (Å²) in [5.74, 6) is -0.762. The molecule has 0 aliphatic heterocycles. The van der Waals surface area contributed by atoms with Crippen molar-refractivity contribution in [3.8, 4) is 17.1 Å². The van der Waals surface area contributed by atoms with Crippen molar-refractivity contribution in [3.05, 3.63) is 74.4 Å². The van der Waals surface area contributed by atoms with Crippen LogP contribution in [-0.2, 0) is 0 Å². The maximum absolute atomic E-state index is 12.8. The maximum atomic E-state index is 12.8. The number of nitrogens with zero attached hydrogens (tertiary/aromatic N) is 7. The Morgan fingerprint density at radius 3 is 2.62 bits per heavy atom. The SMILES string of the molecule is Nc1nonc1-n1nnc(C(=O)N/N=C/c2ccccc2Br)c1-c1ccc([N+](=O)[O-])cc1. The Kier molecular flexibility index (Phi) is 5.67. The highest BCUT2D eigenvalue weighted by Crippen LogP contribution is 2.28. The fraction of sp³-hybridized carbons (Fsp3) is 0. The van der Waals surface area contributed by atoms with Crippen LogP contribution in [0.4, 0.5) is 11.5 Å². The number of halogens is 1. The topological polar surface area (TPSA) is 180 Å². The van der Waals surface area contributed by atoms with Crippen molar-refractivity contribution in [1.29, 1.82) is 0 Å². The van der Waals surface area contributed by atoms with Gasteiger partial charge in [0.1, 0.15) is 5.69 Å². The van der Waals surface area contributed by atoms with E-state index in [9.17, 15) is 14.9 Å². The molecule has 4 rings (SSSR count). The largest absolute Gasteiger partial charge is 0.378 e. The van der Waals surface area contributed by atoms with Gasteiger partial charge in [0.2, 0.25) is 11.6 Å². The van der Waals surface area contributed by atoms with E-state index in [0.29, 0.717) is 5.56 Å². The first kappa shape index (κ1) is 20.8. The molecule has 0 radical (unpaired) electrons. The fourth-order valence-electron chi connectivity index (χ4n) is 2.71. The summed E-state index contributed by atoms with van der Waals surface area (Å²) < 4.78 is 6.55. The lowest BCUT2D eigenvalue weighted by molar-refractivity contribution is -0.384. The predicted molar refractivity (Wildman–Crippen MR) is 115 cm³/mol. The van der Waals surface area contributed by atoms with Crippen LogP contribution in [0, 0.1) is 10.1 Å². The molecule has 0 unspecified atom stereocenters. The van der Waals surface area contributed by atoms with Gasteiger partial charge in [-0.3, -0.25) is 14.9 Å². The van der Waals surface area contributed by atoms with Crippen LogP contribution in [0.3, 0.4) is 0 Å². The molecule has 0 saturated heterocycles. The van der Waals surface area contributed by atoms with Crippen LogP contribution in [-0.4, -0.2) is 42.4 Å². The second-order valence-electron chi connectivity index (χ2n) is 6.20. The zero-order valence-electron chi connectivity index (χ0n) is 15.9. The number of nitrogen functional groups attached to an aromatic ring is 1. The first-order chi connectivity index (χ1) is 15.5. The standard InChI is InChI=1S/C18H12BrN9O4/c19-13-4-2-1-3-11(13)9-21-23-18(29)14-15(10-5-7-12(8-6-10)28(30)31)27(26-22-14)17-16(20)24-32-25-17/h1-9H,(H2,20,24)(H,23,29)/b21-9+. The van der Waals surface area contributed by atoms with E-state index in [2.05, 4.69) is 51.7 Å². The van der Waals surface area contributed by atoms with E-state index in [4.69, 9.17) is 5.73 Å². The molecule has 160 valence electrons. The number of anilines is 1. The number of nitrogens with two attached hydrogens (primary N) is 1. The summed E-state index contributed by atoms with van der Waals surface area (Å²) in [4.78, 5) is 23.2. The molecule has 1 amide bonds. The number of aromatic nitrogens is 5. The normalized spacial score (nSPS) is 11.0. The van der Waals surface area contributed by atoms with Crippen LogP contribution in [0.25, 0.3) is 17.1 Å². The number of carbonyl (C=O) groups excluding carboxylic acids is 1. The molecule has 0 spiro atoms. The van der Waals surface area contributed by atoms with Crippen molar-refractivity contribution < 1.29 is 14.3 Å². The van der Waals surface area contributed by atoms with Crippen molar-refractivity contribution >= 4 is 39.6 Å². The molecule has 3 N–H and O–H groups in total. The van der Waals surface area contributed by atoms with E-state index in [0.717, 1.165) is 14.7 Å². The van der Waals surface area contributed by atoms with Gasteiger partial charge in [-0.2, -0.15) is 9.78 Å². The monoisotopic (exact) mass is 497 g/mol. The molecule has 2 aromatic heterocycles. The summed E-state index contributed by atoms with van der Waals surface area (Å²) in [6, 6.07) is 12.8. The molecule has 0 atom stereocenters. The number of rotatable bonds is 6. The Bertz CT molecular complexity index is 1330. The van der Waals surface area contributed by atoms with E-state index < -0.39 is 10.8 Å². The summed E-state index contributed by atoms with van der Waals surface area (Å²) in [7, 11) is 0. The molecule has 0 aliphatic carbocycles. The highest BCUT2D eigenvalue weighted by Gasteiger charge is 2.25. The fourth-order valence-corrected chi connectivity index (χ4v) is 3.10. The molecule has 0 saturated carbocycles. The quantitative estimate of drug-likeness (QED) is 0.229. The average Bonchev–Trinajstić information content (AvgIpc) is 3.41. The summed E-state index contributed by atoms with van der Waals surface area (Å²) >= 11 is 3.39. The molecule has 4 aromatic rings. The van der Waals surface area contributed by atoms with Crippen LogP contribution in [0.1, 0.15) is 16.1 Å². The molecule has 32 heavy (non-hydrogen) atoms. The van der Waals surface area contributed by atoms with Gasteiger partial charge in [-0.1, -0.05) is 39.3 Å². The molecule has 13 nitrogen and oxygen atoms in total. The van der Waals surface area contributed by atoms with E-state index in [1.54, 1.807) is 6.07 Å². The Balaban J connectivity index is 1.71. The van der Waals surface area contributed by atoms with Crippen molar-refractivity contribution in [2.75, 3.05) is 5.73 Å². The van der Waals surface area contributed by atoms with E-state index in [-0.39, 0.29) is 28.7 Å². The van der Waals surface area contributed by atoms with Gasteiger partial charge in [0.05, 0.1) is 11.1 Å². The summed E-state index contributed by atoms with van der Waals surface area (Å²) in [5.41, 5.74) is 9.19. The Labute approximate surface area is 187 Å². The molecular weight excluding hydrogens is 486 g/mol. The number of hydrogen-bond acceptors (Lipinski definition) is 10. The number of nitro groups is 1. The highest BCUT2D eigenvalue weighted by atomic mass is 79.9. The van der Waals surface area contributed by atoms with Crippen LogP contribution >= 0.6 is 15.9 Å². The van der Waals surface area contributed by atoms with Gasteiger partial charge in [0.25, 0.3) is 11.6 Å². The molecule has 14 heteroatoms. The lowest BCUT2D eigenvalue weighted by atomic mass is 10.1. The highest BCUT2D eigenvalue weighted by molar-refractivity contribution is 9.10. The number of nitro benzene ring substituents is 1. The number of carbonyl (C=O) groups is 1. The van der Waals surface area contributed by atoms with Crippen LogP contribution < -0.4 is 11.2 Å². The third kappa shape index (κ3) is 4.06. The predicted octanol–water partition coefficient (Wildman–Crippen LogP) is 2.33. The van der Waals surface area contributed by atoms with Gasteiger partial charge >= 0.3 is 0 Å². The average molecular weight is 498 g/mol. The molecule has 2 heterocycles. The molecule has 0 fully saturated rings. The number of hydrogen-bond donors (Lipinski definition) is 2. The summed E-state index contributed by atoms with van der Waals surface area (Å²) in [6.07, 6.45) is 1.46. The number of nitrogens with one attached hydrogen (secondary N) is 1. The van der Waals surface area contributed by atoms with Gasteiger partial charge in [-0.05, 0) is 28.5 Å². The van der Waals surface area contributed by atoms with E-state index in [1.807, 2.05) is 18.2 Å². The zero-order valence-corrected chi connectivity index (χ0v) is 17.5. The second-order valence-corrected chi connectivity index (χ2v) is 7.05. The van der Waals surface area contributed by atoms with Crippen molar-refractivity contribution in [3.63, 3.8) is 0 Å². The summed E-state index contributed by atoms with van der Waals surface area (Å²) in [5, 5.41) is 29.9. The first-order valence-electron chi connectivity index (χ1n) is 8.82. The summed E-state index contributed by atoms with van der Waals surface area (Å²) in [6.45, 7) is 0. The van der Waals surface area contributed by atoms with Crippen molar-refractivity contribution in [1.82, 2.24) is 30.7 Å². The van der Waals surface area contributed by atoms with E-state index >= 15 is 0 Å². The molecule has 0 bridgehead atoms. The lowest BCUT2D eigenvalue weighted by Crippen LogP contribution is -2.19. The van der Waals surface area contributed by atoms with Gasteiger partial charge in [-0.25, -0.2) is 10.1 Å². The Morgan fingerprint density at radius 2 is 1.97 bits per heavy atom. The van der Waals surface area contributed by atoms with Crippen molar-refractivity contribution in [2.45, 2.75) is 0 Å². The number of benzene rings is 2. The van der Waals surface area contributed by atoms with Gasteiger partial charge in [0, 0.05) is 27.7 Å². The third-order valence-corrected chi connectivity index (χ3v) is 4.93. The minimum atomic E-state index is -0.678. The van der Waals surface area contributed by atoms with E-state index in [1.165, 1.54) is 30.5 Å². The second kappa shape index (κ2) is 8.73. The van der Waals surface area contributed by atoms with Crippen LogP contribution in [0.5, 0.6) is 0 Å². The van der Waals surface area contributed by atoms with Crippen molar-refractivity contribution in [2.24, 2.45) is 5.10 Å². The van der Waals surface area contributed by atoms with Crippen LogP contribution in [0.15, 0.2) is 62.7 Å². The zero-order chi connectivity index (χ0) is 22.7. The smallest absolute Gasteiger partial charge is 0.294 e. The molecule has 2 aromatic carbocycles. The molecule has 0 aliphatic rings. The number of non-ortho nitro benzene ring substituents is 1. The number of amides is 1. The minimum absolute atomic E-state index is 0.00150. The molecular formula is C18H12BrN9O4. The lowest BCUT2D eigenvalue weighted by Gasteiger charge is -2.05. The third-order valence-electron chi connectivity index (χ3n) is 4.21. The number of hydrazone groups is 1. The van der Waals surface area contributed by atoms with Gasteiger partial charge in [0.15, 0.2) is 5.69 Å². The van der Waals surface area contributed by atoms with Gasteiger partial charge in [-0.15, -0.1) is 5.10 Å². The Hall–Kier alpha value is -4.46. The van der Waals surface area contributed by atoms with Gasteiger partial charge < -0.3 is 5.73 Å². The van der Waals surface area contributed by atoms with Crippen LogP contribution in [0.2, 0.25) is 0 Å². The first-order valence-corrected chi connectivity index (χ1v) is 9.62. The maximum Gasteiger partial charge on any atom is 0.294 e. The minimum Gasteiger partial charge on any atom is -0.378 e.